The number of hydrogen-bond donors (Lipinski definition) is 2. The molecule has 98 valence electrons. The van der Waals surface area contributed by atoms with Crippen LogP contribution in [0.1, 0.15) is 23.2 Å². The van der Waals surface area contributed by atoms with Crippen molar-refractivity contribution in [3.05, 3.63) is 28.5 Å². The van der Waals surface area contributed by atoms with Crippen LogP contribution in [0.3, 0.4) is 0 Å². The third-order valence-electron chi connectivity index (χ3n) is 3.02. The Morgan fingerprint density at radius 1 is 1.56 bits per heavy atom. The standard InChI is InChI=1S/C11H14N2O3S2/c14-10(9-4-1-5-12-11(9)17)13-7-8-3-2-6-18(8,15)16/h1,4-5,8H,2-3,6-7H2,(H,12,17)(H,13,14)/t8-/m1/s1. The molecule has 1 fully saturated rings. The van der Waals surface area contributed by atoms with Gasteiger partial charge < -0.3 is 10.3 Å². The van der Waals surface area contributed by atoms with E-state index in [-0.39, 0.29) is 18.2 Å². The largest absolute Gasteiger partial charge is 0.352 e. The van der Waals surface area contributed by atoms with Crippen molar-refractivity contribution in [3.8, 4) is 0 Å². The van der Waals surface area contributed by atoms with Crippen LogP contribution in [0.15, 0.2) is 18.3 Å². The van der Waals surface area contributed by atoms with Gasteiger partial charge in [0.15, 0.2) is 9.84 Å². The smallest absolute Gasteiger partial charge is 0.254 e. The second-order valence-corrected chi connectivity index (χ2v) is 7.06. The van der Waals surface area contributed by atoms with Gasteiger partial charge in [-0.25, -0.2) is 8.42 Å². The molecule has 18 heavy (non-hydrogen) atoms. The van der Waals surface area contributed by atoms with Crippen LogP contribution in [0.4, 0.5) is 0 Å². The first-order chi connectivity index (χ1) is 8.50. The molecule has 2 N–H and O–H groups in total. The first kappa shape index (κ1) is 13.2. The number of sulfone groups is 1. The monoisotopic (exact) mass is 286 g/mol. The van der Waals surface area contributed by atoms with Gasteiger partial charge in [-0.05, 0) is 25.0 Å². The summed E-state index contributed by atoms with van der Waals surface area (Å²) in [6.07, 6.45) is 2.93. The molecule has 1 saturated heterocycles. The number of aromatic nitrogens is 1. The van der Waals surface area contributed by atoms with Gasteiger partial charge in [0.1, 0.15) is 4.64 Å². The van der Waals surface area contributed by atoms with E-state index in [4.69, 9.17) is 12.2 Å². The van der Waals surface area contributed by atoms with Gasteiger partial charge in [0.25, 0.3) is 5.91 Å². The van der Waals surface area contributed by atoms with Crippen molar-refractivity contribution in [2.24, 2.45) is 0 Å². The Labute approximate surface area is 111 Å². The molecule has 0 saturated carbocycles. The Morgan fingerprint density at radius 3 is 2.94 bits per heavy atom. The van der Waals surface area contributed by atoms with E-state index in [2.05, 4.69) is 10.3 Å². The topological polar surface area (TPSA) is 79.0 Å². The lowest BCUT2D eigenvalue weighted by Crippen LogP contribution is -2.34. The van der Waals surface area contributed by atoms with Crippen LogP contribution in [-0.4, -0.2) is 36.9 Å². The Kier molecular flexibility index (Phi) is 3.82. The minimum absolute atomic E-state index is 0.158. The molecule has 1 aliphatic heterocycles. The number of carbonyl (C=O) groups is 1. The fourth-order valence-electron chi connectivity index (χ4n) is 1.99. The number of hydrogen-bond acceptors (Lipinski definition) is 4. The number of H-pyrrole nitrogens is 1. The summed E-state index contributed by atoms with van der Waals surface area (Å²) < 4.78 is 23.6. The number of nitrogens with one attached hydrogen (secondary N) is 2. The highest BCUT2D eigenvalue weighted by atomic mass is 32.2. The van der Waals surface area contributed by atoms with Crippen molar-refractivity contribution in [3.63, 3.8) is 0 Å². The molecule has 2 rings (SSSR count). The number of amides is 1. The molecular formula is C11H14N2O3S2. The first-order valence-electron chi connectivity index (χ1n) is 5.68. The summed E-state index contributed by atoms with van der Waals surface area (Å²) in [5.41, 5.74) is 0.364. The second-order valence-electron chi connectivity index (χ2n) is 4.25. The van der Waals surface area contributed by atoms with Crippen LogP contribution in [0, 0.1) is 4.64 Å². The molecule has 1 atom stereocenters. The third-order valence-corrected chi connectivity index (χ3v) is 5.63. The zero-order chi connectivity index (χ0) is 13.2. The number of pyridine rings is 1. The van der Waals surface area contributed by atoms with Gasteiger partial charge in [-0.2, -0.15) is 0 Å². The molecular weight excluding hydrogens is 272 g/mol. The minimum Gasteiger partial charge on any atom is -0.352 e. The van der Waals surface area contributed by atoms with Gasteiger partial charge in [0.2, 0.25) is 0 Å². The van der Waals surface area contributed by atoms with Crippen molar-refractivity contribution in [2.45, 2.75) is 18.1 Å². The Morgan fingerprint density at radius 2 is 2.33 bits per heavy atom. The van der Waals surface area contributed by atoms with Gasteiger partial charge >= 0.3 is 0 Å². The van der Waals surface area contributed by atoms with E-state index in [1.54, 1.807) is 18.3 Å². The molecule has 1 aliphatic rings. The molecule has 7 heteroatoms. The van der Waals surface area contributed by atoms with E-state index in [0.717, 1.165) is 0 Å². The summed E-state index contributed by atoms with van der Waals surface area (Å²) in [5.74, 6) is -0.113. The molecule has 5 nitrogen and oxygen atoms in total. The summed E-state index contributed by atoms with van der Waals surface area (Å²) in [7, 11) is -3.02. The van der Waals surface area contributed by atoms with E-state index < -0.39 is 15.1 Å². The van der Waals surface area contributed by atoms with Crippen LogP contribution in [0.2, 0.25) is 0 Å². The molecule has 0 spiro atoms. The van der Waals surface area contributed by atoms with Crippen molar-refractivity contribution in [1.82, 2.24) is 10.3 Å². The second kappa shape index (κ2) is 5.19. The molecule has 0 aromatic carbocycles. The number of rotatable bonds is 3. The molecule has 0 unspecified atom stereocenters. The fourth-order valence-corrected chi connectivity index (χ4v) is 3.98. The lowest BCUT2D eigenvalue weighted by atomic mass is 10.2. The van der Waals surface area contributed by atoms with Crippen LogP contribution in [0.25, 0.3) is 0 Å². The zero-order valence-electron chi connectivity index (χ0n) is 9.68. The molecule has 1 aromatic heterocycles. The highest BCUT2D eigenvalue weighted by Crippen LogP contribution is 2.19. The van der Waals surface area contributed by atoms with Gasteiger partial charge in [0.05, 0.1) is 16.6 Å². The van der Waals surface area contributed by atoms with Gasteiger partial charge in [-0.1, -0.05) is 12.2 Å². The van der Waals surface area contributed by atoms with Gasteiger partial charge in [-0.15, -0.1) is 0 Å². The van der Waals surface area contributed by atoms with Crippen molar-refractivity contribution in [2.75, 3.05) is 12.3 Å². The van der Waals surface area contributed by atoms with E-state index in [1.807, 2.05) is 0 Å². The fraction of sp³-hybridized carbons (Fsp3) is 0.455. The maximum atomic E-state index is 11.8. The molecule has 1 amide bonds. The molecule has 0 bridgehead atoms. The van der Waals surface area contributed by atoms with E-state index >= 15 is 0 Å². The highest BCUT2D eigenvalue weighted by molar-refractivity contribution is 7.92. The van der Waals surface area contributed by atoms with Crippen molar-refractivity contribution < 1.29 is 13.2 Å². The minimum atomic E-state index is -3.02. The van der Waals surface area contributed by atoms with Gasteiger partial charge in [0, 0.05) is 12.7 Å². The third kappa shape index (κ3) is 2.78. The van der Waals surface area contributed by atoms with Gasteiger partial charge in [-0.3, -0.25) is 4.79 Å². The predicted molar refractivity (Wildman–Crippen MR) is 70.8 cm³/mol. The lowest BCUT2D eigenvalue weighted by molar-refractivity contribution is 0.0952. The Bertz CT molecular complexity index is 607. The normalized spacial score (nSPS) is 21.7. The van der Waals surface area contributed by atoms with E-state index in [0.29, 0.717) is 23.0 Å². The summed E-state index contributed by atoms with van der Waals surface area (Å²) in [4.78, 5) is 14.6. The number of aromatic amines is 1. The van der Waals surface area contributed by atoms with E-state index in [1.165, 1.54) is 0 Å². The van der Waals surface area contributed by atoms with Crippen molar-refractivity contribution >= 4 is 28.0 Å². The SMILES string of the molecule is O=C(NC[C@H]1CCCS1(=O)=O)c1ccc[nH]c1=S. The quantitative estimate of drug-likeness (QED) is 0.814. The van der Waals surface area contributed by atoms with Crippen LogP contribution >= 0.6 is 12.2 Å². The first-order valence-corrected chi connectivity index (χ1v) is 7.80. The average molecular weight is 286 g/mol. The molecule has 1 aromatic rings. The maximum absolute atomic E-state index is 11.8. The maximum Gasteiger partial charge on any atom is 0.254 e. The molecule has 2 heterocycles. The van der Waals surface area contributed by atoms with Crippen LogP contribution in [-0.2, 0) is 9.84 Å². The Hall–Kier alpha value is -1.21. The Balaban J connectivity index is 2.02. The summed E-state index contributed by atoms with van der Waals surface area (Å²) in [6.45, 7) is 0.158. The average Bonchev–Trinajstić information content (AvgIpc) is 2.66. The highest BCUT2D eigenvalue weighted by Gasteiger charge is 2.31. The van der Waals surface area contributed by atoms with Crippen molar-refractivity contribution in [1.29, 1.82) is 0 Å². The molecule has 0 aliphatic carbocycles. The summed E-state index contributed by atoms with van der Waals surface area (Å²) in [5, 5.41) is 2.18. The zero-order valence-corrected chi connectivity index (χ0v) is 11.3. The van der Waals surface area contributed by atoms with E-state index in [9.17, 15) is 13.2 Å². The van der Waals surface area contributed by atoms with Crippen LogP contribution in [0.5, 0.6) is 0 Å². The summed E-state index contributed by atoms with van der Waals surface area (Å²) in [6, 6.07) is 3.29. The van der Waals surface area contributed by atoms with Crippen LogP contribution < -0.4 is 5.32 Å². The predicted octanol–water partition coefficient (Wildman–Crippen LogP) is 1.05. The lowest BCUT2D eigenvalue weighted by Gasteiger charge is -2.10. The number of carbonyl (C=O) groups excluding carboxylic acids is 1. The molecule has 0 radical (unpaired) electrons. The summed E-state index contributed by atoms with van der Waals surface area (Å²) >= 11 is 4.99.